The lowest BCUT2D eigenvalue weighted by Crippen LogP contribution is -2.41. The van der Waals surface area contributed by atoms with Crippen LogP contribution in [-0.2, 0) is 0 Å². The molecule has 0 aromatic rings. The van der Waals surface area contributed by atoms with Crippen molar-refractivity contribution in [3.8, 4) is 0 Å². The number of fused-ring (bicyclic) bond motifs is 30. The highest BCUT2D eigenvalue weighted by Crippen LogP contribution is 2.16. The Morgan fingerprint density at radius 3 is 1.20 bits per heavy atom. The fraction of sp³-hybridized carbons (Fsp3) is 1.00. The van der Waals surface area contributed by atoms with Crippen molar-refractivity contribution in [2.75, 3.05) is 79.0 Å². The average Bonchev–Trinajstić information content (AvgIpc) is 3.02. The summed E-state index contributed by atoms with van der Waals surface area (Å²) in [4.78, 5) is 11.2. The molecule has 0 aromatic carbocycles. The molecule has 3 saturated heterocycles. The van der Waals surface area contributed by atoms with Crippen molar-refractivity contribution in [3.05, 3.63) is 0 Å². The van der Waals surface area contributed by atoms with Crippen LogP contribution in [0.15, 0.2) is 0 Å². The Labute approximate surface area is 278 Å². The molecule has 2 unspecified atom stereocenters. The molecule has 0 N–H and O–H groups in total. The number of hydrogen-bond acceptors (Lipinski definition) is 4. The highest BCUT2D eigenvalue weighted by Gasteiger charge is 2.14. The number of unbranched alkanes of at least 4 members (excludes halogenated alkanes) is 5. The van der Waals surface area contributed by atoms with Gasteiger partial charge in [-0.2, -0.15) is 0 Å². The van der Waals surface area contributed by atoms with Gasteiger partial charge in [0.15, 0.2) is 0 Å². The number of rotatable bonds is 7. The zero-order chi connectivity index (χ0) is 31.2. The first kappa shape index (κ1) is 40.0. The van der Waals surface area contributed by atoms with Crippen molar-refractivity contribution in [1.82, 2.24) is 19.6 Å². The maximum absolute atomic E-state index is 2.86. The van der Waals surface area contributed by atoms with Gasteiger partial charge in [0, 0.05) is 26.2 Å². The predicted octanol–water partition coefficient (Wildman–Crippen LogP) is 10.4. The molecule has 3 heterocycles. The molecule has 2 bridgehead atoms. The van der Waals surface area contributed by atoms with E-state index in [0.717, 1.165) is 0 Å². The van der Waals surface area contributed by atoms with E-state index in [1.807, 2.05) is 0 Å². The Balaban J connectivity index is 1.91. The second-order valence-electron chi connectivity index (χ2n) is 15.0. The number of likely N-dealkylation sites (N-methyl/N-ethyl adjacent to an activating group) is 1. The third-order valence-electron chi connectivity index (χ3n) is 10.8. The Bertz CT molecular complexity index is 584. The molecule has 3 fully saturated rings. The zero-order valence-corrected chi connectivity index (χ0v) is 30.7. The summed E-state index contributed by atoms with van der Waals surface area (Å²) in [5.74, 6) is 0. The summed E-state index contributed by atoms with van der Waals surface area (Å²) in [7, 11) is 2.37. The monoisotopic (exact) mass is 619 g/mol. The molecule has 44 heavy (non-hydrogen) atoms. The quantitative estimate of drug-likeness (QED) is 0.263. The van der Waals surface area contributed by atoms with Crippen LogP contribution in [-0.4, -0.2) is 98.6 Å². The van der Waals surface area contributed by atoms with E-state index >= 15 is 0 Å². The maximum atomic E-state index is 2.86. The largest absolute Gasteiger partial charge is 0.305 e. The molecule has 3 rings (SSSR count). The van der Waals surface area contributed by atoms with Crippen LogP contribution in [0.4, 0.5) is 0 Å². The van der Waals surface area contributed by atoms with Crippen molar-refractivity contribution >= 4 is 0 Å². The van der Waals surface area contributed by atoms with Crippen LogP contribution >= 0.6 is 0 Å². The van der Waals surface area contributed by atoms with E-state index in [-0.39, 0.29) is 0 Å². The van der Waals surface area contributed by atoms with Crippen molar-refractivity contribution in [2.24, 2.45) is 0 Å². The molecule has 0 spiro atoms. The van der Waals surface area contributed by atoms with Gasteiger partial charge in [0.2, 0.25) is 0 Å². The van der Waals surface area contributed by atoms with Gasteiger partial charge in [-0.05, 0) is 85.0 Å². The highest BCUT2D eigenvalue weighted by atomic mass is 15.2. The SMILES string of the molecule is CCCCCCCCN1CCCN2CCCCCCCCCCCCCCCCCCCCCN(CCCN(C)CC2)CC1. The molecule has 0 aromatic heterocycles. The number of nitrogens with zero attached hydrogens (tertiary/aromatic N) is 4. The molecule has 0 aliphatic carbocycles. The van der Waals surface area contributed by atoms with Crippen LogP contribution in [0.25, 0.3) is 0 Å². The lowest BCUT2D eigenvalue weighted by Gasteiger charge is -2.31. The summed E-state index contributed by atoms with van der Waals surface area (Å²) >= 11 is 0. The van der Waals surface area contributed by atoms with E-state index < -0.39 is 0 Å². The molecule has 0 amide bonds. The van der Waals surface area contributed by atoms with E-state index in [2.05, 4.69) is 33.6 Å². The van der Waals surface area contributed by atoms with E-state index in [4.69, 9.17) is 0 Å². The van der Waals surface area contributed by atoms with Crippen molar-refractivity contribution in [3.63, 3.8) is 0 Å². The van der Waals surface area contributed by atoms with Crippen LogP contribution in [0.1, 0.15) is 180 Å². The van der Waals surface area contributed by atoms with Crippen LogP contribution < -0.4 is 0 Å². The second-order valence-corrected chi connectivity index (χ2v) is 15.0. The smallest absolute Gasteiger partial charge is 0.0109 e. The molecular weight excluding hydrogens is 536 g/mol. The summed E-state index contributed by atoms with van der Waals surface area (Å²) in [6.45, 7) is 16.5. The van der Waals surface area contributed by atoms with Gasteiger partial charge < -0.3 is 19.6 Å². The molecule has 3 aliphatic heterocycles. The first-order valence-corrected chi connectivity index (χ1v) is 20.6. The van der Waals surface area contributed by atoms with E-state index in [1.165, 1.54) is 245 Å². The van der Waals surface area contributed by atoms with Crippen molar-refractivity contribution < 1.29 is 0 Å². The predicted molar refractivity (Wildman–Crippen MR) is 197 cm³/mol. The Morgan fingerprint density at radius 1 is 0.318 bits per heavy atom. The molecule has 4 nitrogen and oxygen atoms in total. The molecule has 0 radical (unpaired) electrons. The van der Waals surface area contributed by atoms with Gasteiger partial charge in [-0.15, -0.1) is 0 Å². The lowest BCUT2D eigenvalue weighted by molar-refractivity contribution is 0.163. The van der Waals surface area contributed by atoms with E-state index in [0.29, 0.717) is 0 Å². The van der Waals surface area contributed by atoms with E-state index in [9.17, 15) is 0 Å². The van der Waals surface area contributed by atoms with Gasteiger partial charge in [-0.25, -0.2) is 0 Å². The Hall–Kier alpha value is -0.160. The molecule has 3 aliphatic rings. The summed E-state index contributed by atoms with van der Waals surface area (Å²) in [6, 6.07) is 0. The van der Waals surface area contributed by atoms with E-state index in [1.54, 1.807) is 0 Å². The van der Waals surface area contributed by atoms with Crippen LogP contribution in [0.5, 0.6) is 0 Å². The average molecular weight is 619 g/mol. The van der Waals surface area contributed by atoms with Gasteiger partial charge in [0.05, 0.1) is 0 Å². The third-order valence-corrected chi connectivity index (χ3v) is 10.8. The first-order chi connectivity index (χ1) is 21.8. The fourth-order valence-corrected chi connectivity index (χ4v) is 7.59. The minimum Gasteiger partial charge on any atom is -0.305 e. The third kappa shape index (κ3) is 24.1. The first-order valence-electron chi connectivity index (χ1n) is 20.6. The topological polar surface area (TPSA) is 13.0 Å². The van der Waals surface area contributed by atoms with Gasteiger partial charge in [-0.1, -0.05) is 148 Å². The van der Waals surface area contributed by atoms with Gasteiger partial charge in [0.25, 0.3) is 0 Å². The fourth-order valence-electron chi connectivity index (χ4n) is 7.59. The highest BCUT2D eigenvalue weighted by molar-refractivity contribution is 4.70. The normalized spacial score (nSPS) is 26.3. The molecule has 0 saturated carbocycles. The second kappa shape index (κ2) is 30.2. The molecule has 4 heteroatoms. The van der Waals surface area contributed by atoms with Crippen LogP contribution in [0.3, 0.4) is 0 Å². The van der Waals surface area contributed by atoms with Crippen molar-refractivity contribution in [1.29, 1.82) is 0 Å². The van der Waals surface area contributed by atoms with Crippen molar-refractivity contribution in [2.45, 2.75) is 180 Å². The minimum atomic E-state index is 1.24. The summed E-state index contributed by atoms with van der Waals surface area (Å²) < 4.78 is 0. The zero-order valence-electron chi connectivity index (χ0n) is 30.7. The van der Waals surface area contributed by atoms with Crippen LogP contribution in [0.2, 0.25) is 0 Å². The number of hydrogen-bond donors (Lipinski definition) is 0. The van der Waals surface area contributed by atoms with Crippen LogP contribution in [0, 0.1) is 0 Å². The van der Waals surface area contributed by atoms with Gasteiger partial charge >= 0.3 is 0 Å². The Morgan fingerprint density at radius 2 is 0.705 bits per heavy atom. The maximum Gasteiger partial charge on any atom is 0.0109 e. The standard InChI is InChI=1S/C40H82N4/c1-3-4-5-6-22-25-33-44-36-29-35-42-31-26-23-20-18-16-14-12-10-8-7-9-11-13-15-17-19-21-24-27-32-43(39-40-44)34-28-30-41(2)37-38-42/h3-40H2,1-2H3. The lowest BCUT2D eigenvalue weighted by atomic mass is 10.0. The molecule has 262 valence electrons. The molecular formula is C40H82N4. The Kier molecular flexibility index (Phi) is 27.5. The minimum absolute atomic E-state index is 1.24. The molecule has 2 atom stereocenters. The van der Waals surface area contributed by atoms with Gasteiger partial charge in [-0.3, -0.25) is 0 Å². The summed E-state index contributed by atoms with van der Waals surface area (Å²) in [6.07, 6.45) is 39.0. The van der Waals surface area contributed by atoms with Gasteiger partial charge in [0.1, 0.15) is 0 Å². The summed E-state index contributed by atoms with van der Waals surface area (Å²) in [5.41, 5.74) is 0. The summed E-state index contributed by atoms with van der Waals surface area (Å²) in [5, 5.41) is 0.